The number of nitrogens with one attached hydrogen (secondary N) is 1. The highest BCUT2D eigenvalue weighted by Crippen LogP contribution is 2.20. The maximum Gasteiger partial charge on any atom is 0.329 e. The highest BCUT2D eigenvalue weighted by Gasteiger charge is 2.24. The number of benzene rings is 3. The molecule has 0 bridgehead atoms. The van der Waals surface area contributed by atoms with Crippen molar-refractivity contribution in [1.29, 1.82) is 0 Å². The highest BCUT2D eigenvalue weighted by molar-refractivity contribution is 6.02. The predicted octanol–water partition coefficient (Wildman–Crippen LogP) is 4.47. The van der Waals surface area contributed by atoms with Crippen LogP contribution >= 0.6 is 0 Å². The van der Waals surface area contributed by atoms with Crippen molar-refractivity contribution in [3.8, 4) is 5.75 Å². The number of carbonyl (C=O) groups is 2. The largest absolute Gasteiger partial charge is 0.497 e. The standard InChI is InChI=1S/C23H23NO4/c1-3-28-23(26)21(24-19-10-12-20(27-2)13-11-19)15-22(25)18-9-8-16-6-4-5-7-17(16)14-18/h4-14,21,24H,3,15H2,1-2H3. The van der Waals surface area contributed by atoms with E-state index in [1.807, 2.05) is 36.4 Å². The number of hydrogen-bond acceptors (Lipinski definition) is 5. The minimum atomic E-state index is -0.771. The maximum absolute atomic E-state index is 12.8. The fraction of sp³-hybridized carbons (Fsp3) is 0.217. The molecule has 3 aromatic rings. The zero-order chi connectivity index (χ0) is 19.9. The molecule has 5 nitrogen and oxygen atoms in total. The summed E-state index contributed by atoms with van der Waals surface area (Å²) in [5, 5.41) is 5.16. The summed E-state index contributed by atoms with van der Waals surface area (Å²) in [7, 11) is 1.59. The molecular formula is C23H23NO4. The normalized spacial score (nSPS) is 11.6. The summed E-state index contributed by atoms with van der Waals surface area (Å²) in [5.41, 5.74) is 1.29. The van der Waals surface area contributed by atoms with Gasteiger partial charge in [-0.3, -0.25) is 4.79 Å². The van der Waals surface area contributed by atoms with Crippen LogP contribution in [0.5, 0.6) is 5.75 Å². The first-order valence-corrected chi connectivity index (χ1v) is 9.20. The second kappa shape index (κ2) is 9.04. The molecule has 0 amide bonds. The van der Waals surface area contributed by atoms with Crippen LogP contribution in [0.4, 0.5) is 5.69 Å². The SMILES string of the molecule is CCOC(=O)C(CC(=O)c1ccc2ccccc2c1)Nc1ccc(OC)cc1. The van der Waals surface area contributed by atoms with Crippen LogP contribution in [0.3, 0.4) is 0 Å². The summed E-state index contributed by atoms with van der Waals surface area (Å²) in [6, 6.07) is 19.8. The van der Waals surface area contributed by atoms with E-state index in [9.17, 15) is 9.59 Å². The Balaban J connectivity index is 1.78. The number of rotatable bonds is 8. The van der Waals surface area contributed by atoms with Gasteiger partial charge in [-0.1, -0.05) is 36.4 Å². The van der Waals surface area contributed by atoms with Gasteiger partial charge in [0.2, 0.25) is 0 Å². The monoisotopic (exact) mass is 377 g/mol. The first kappa shape index (κ1) is 19.4. The Bertz CT molecular complexity index is 966. The minimum Gasteiger partial charge on any atom is -0.497 e. The number of carbonyl (C=O) groups excluding carboxylic acids is 2. The second-order valence-electron chi connectivity index (χ2n) is 6.37. The van der Waals surface area contributed by atoms with Crippen LogP contribution in [-0.2, 0) is 9.53 Å². The van der Waals surface area contributed by atoms with Gasteiger partial charge < -0.3 is 14.8 Å². The summed E-state index contributed by atoms with van der Waals surface area (Å²) in [4.78, 5) is 25.2. The molecule has 0 aliphatic heterocycles. The molecule has 0 aliphatic rings. The van der Waals surface area contributed by atoms with E-state index in [1.165, 1.54) is 0 Å². The number of ketones is 1. The van der Waals surface area contributed by atoms with E-state index in [1.54, 1.807) is 44.4 Å². The van der Waals surface area contributed by atoms with E-state index in [-0.39, 0.29) is 18.8 Å². The number of ether oxygens (including phenoxy) is 2. The molecule has 1 unspecified atom stereocenters. The van der Waals surface area contributed by atoms with Crippen molar-refractivity contribution in [2.75, 3.05) is 19.0 Å². The molecule has 1 atom stereocenters. The predicted molar refractivity (Wildman–Crippen MR) is 110 cm³/mol. The quantitative estimate of drug-likeness (QED) is 0.464. The number of methoxy groups -OCH3 is 1. The van der Waals surface area contributed by atoms with Gasteiger partial charge in [-0.2, -0.15) is 0 Å². The fourth-order valence-corrected chi connectivity index (χ4v) is 2.99. The van der Waals surface area contributed by atoms with Gasteiger partial charge in [0.15, 0.2) is 5.78 Å². The van der Waals surface area contributed by atoms with Crippen molar-refractivity contribution in [2.45, 2.75) is 19.4 Å². The average Bonchev–Trinajstić information content (AvgIpc) is 2.73. The topological polar surface area (TPSA) is 64.6 Å². The molecule has 0 fully saturated rings. The van der Waals surface area contributed by atoms with Gasteiger partial charge in [0.05, 0.1) is 13.7 Å². The lowest BCUT2D eigenvalue weighted by atomic mass is 10.00. The van der Waals surface area contributed by atoms with Gasteiger partial charge in [-0.25, -0.2) is 4.79 Å². The Kier molecular flexibility index (Phi) is 6.27. The molecule has 0 aromatic heterocycles. The lowest BCUT2D eigenvalue weighted by Gasteiger charge is -2.18. The molecule has 5 heteroatoms. The number of esters is 1. The van der Waals surface area contributed by atoms with Crippen molar-refractivity contribution in [3.63, 3.8) is 0 Å². The van der Waals surface area contributed by atoms with Crippen molar-refractivity contribution in [1.82, 2.24) is 0 Å². The number of Topliss-reactive ketones (excluding diaryl/α,β-unsaturated/α-hetero) is 1. The van der Waals surface area contributed by atoms with Crippen LogP contribution in [0.2, 0.25) is 0 Å². The zero-order valence-electron chi connectivity index (χ0n) is 16.0. The van der Waals surface area contributed by atoms with Gasteiger partial charge in [0, 0.05) is 17.7 Å². The van der Waals surface area contributed by atoms with Gasteiger partial charge in [-0.15, -0.1) is 0 Å². The van der Waals surface area contributed by atoms with E-state index < -0.39 is 12.0 Å². The highest BCUT2D eigenvalue weighted by atomic mass is 16.5. The summed E-state index contributed by atoms with van der Waals surface area (Å²) in [6.45, 7) is 2.00. The van der Waals surface area contributed by atoms with E-state index in [2.05, 4.69) is 5.32 Å². The molecule has 0 radical (unpaired) electrons. The lowest BCUT2D eigenvalue weighted by molar-refractivity contribution is -0.144. The molecule has 0 saturated heterocycles. The van der Waals surface area contributed by atoms with Crippen LogP contribution < -0.4 is 10.1 Å². The molecule has 0 saturated carbocycles. The van der Waals surface area contributed by atoms with Gasteiger partial charge >= 0.3 is 5.97 Å². The molecule has 0 aliphatic carbocycles. The van der Waals surface area contributed by atoms with E-state index >= 15 is 0 Å². The Morgan fingerprint density at radius 3 is 2.36 bits per heavy atom. The van der Waals surface area contributed by atoms with Crippen LogP contribution in [0.25, 0.3) is 10.8 Å². The van der Waals surface area contributed by atoms with Gasteiger partial charge in [0.25, 0.3) is 0 Å². The molecule has 1 N–H and O–H groups in total. The Hall–Kier alpha value is -3.34. The fourth-order valence-electron chi connectivity index (χ4n) is 2.99. The summed E-state index contributed by atoms with van der Waals surface area (Å²) in [5.74, 6) is 0.141. The number of fused-ring (bicyclic) bond motifs is 1. The molecule has 3 aromatic carbocycles. The summed E-state index contributed by atoms with van der Waals surface area (Å²) in [6.07, 6.45) is 0.00318. The van der Waals surface area contributed by atoms with Crippen molar-refractivity contribution < 1.29 is 19.1 Å². The molecule has 28 heavy (non-hydrogen) atoms. The van der Waals surface area contributed by atoms with Crippen molar-refractivity contribution >= 4 is 28.2 Å². The van der Waals surface area contributed by atoms with Crippen LogP contribution in [0.1, 0.15) is 23.7 Å². The number of hydrogen-bond donors (Lipinski definition) is 1. The molecule has 144 valence electrons. The van der Waals surface area contributed by atoms with Crippen LogP contribution in [-0.4, -0.2) is 31.5 Å². The Morgan fingerprint density at radius 2 is 1.68 bits per heavy atom. The Morgan fingerprint density at radius 1 is 0.964 bits per heavy atom. The molecule has 0 heterocycles. The van der Waals surface area contributed by atoms with Crippen LogP contribution in [0.15, 0.2) is 66.7 Å². The molecule has 3 rings (SSSR count). The van der Waals surface area contributed by atoms with Crippen LogP contribution in [0, 0.1) is 0 Å². The minimum absolute atomic E-state index is 0.00318. The van der Waals surface area contributed by atoms with Gasteiger partial charge in [0.1, 0.15) is 11.8 Å². The third-order valence-corrected chi connectivity index (χ3v) is 4.46. The lowest BCUT2D eigenvalue weighted by Crippen LogP contribution is -2.33. The van der Waals surface area contributed by atoms with E-state index in [0.717, 1.165) is 10.8 Å². The molecule has 0 spiro atoms. The zero-order valence-corrected chi connectivity index (χ0v) is 16.0. The van der Waals surface area contributed by atoms with Gasteiger partial charge in [-0.05, 0) is 48.0 Å². The van der Waals surface area contributed by atoms with E-state index in [4.69, 9.17) is 9.47 Å². The second-order valence-corrected chi connectivity index (χ2v) is 6.37. The van der Waals surface area contributed by atoms with Crippen molar-refractivity contribution in [2.24, 2.45) is 0 Å². The van der Waals surface area contributed by atoms with Crippen molar-refractivity contribution in [3.05, 3.63) is 72.3 Å². The average molecular weight is 377 g/mol. The summed E-state index contributed by atoms with van der Waals surface area (Å²) >= 11 is 0. The maximum atomic E-state index is 12.8. The Labute approximate surface area is 164 Å². The first-order chi connectivity index (χ1) is 13.6. The number of anilines is 1. The third kappa shape index (κ3) is 4.68. The summed E-state index contributed by atoms with van der Waals surface area (Å²) < 4.78 is 10.3. The first-order valence-electron chi connectivity index (χ1n) is 9.20. The third-order valence-electron chi connectivity index (χ3n) is 4.46. The smallest absolute Gasteiger partial charge is 0.329 e. The molecular weight excluding hydrogens is 354 g/mol. The van der Waals surface area contributed by atoms with E-state index in [0.29, 0.717) is 17.0 Å².